The fourth-order valence-electron chi connectivity index (χ4n) is 2.89. The van der Waals surface area contributed by atoms with Gasteiger partial charge in [-0.15, -0.1) is 0 Å². The van der Waals surface area contributed by atoms with Crippen molar-refractivity contribution in [1.82, 2.24) is 0 Å². The van der Waals surface area contributed by atoms with E-state index in [1.807, 2.05) is 31.2 Å². The highest BCUT2D eigenvalue weighted by atomic mass is 16.5. The van der Waals surface area contributed by atoms with Crippen LogP contribution >= 0.6 is 0 Å². The smallest absolute Gasteiger partial charge is 0.303 e. The van der Waals surface area contributed by atoms with Crippen LogP contribution in [0.5, 0.6) is 5.75 Å². The molecule has 3 heteroatoms. The summed E-state index contributed by atoms with van der Waals surface area (Å²) in [6.45, 7) is 11.1. The van der Waals surface area contributed by atoms with Crippen LogP contribution < -0.4 is 4.74 Å². The zero-order valence-electron chi connectivity index (χ0n) is 18.1. The van der Waals surface area contributed by atoms with Gasteiger partial charge in [-0.25, -0.2) is 0 Å². The molecule has 0 aliphatic rings. The maximum atomic E-state index is 10.8. The number of benzene rings is 1. The fraction of sp³-hybridized carbons (Fsp3) is 0.480. The van der Waals surface area contributed by atoms with E-state index in [2.05, 4.69) is 45.9 Å². The number of carboxylic acid groups (broad SMARTS) is 1. The van der Waals surface area contributed by atoms with Gasteiger partial charge in [0.2, 0.25) is 0 Å². The van der Waals surface area contributed by atoms with E-state index in [4.69, 9.17) is 9.84 Å². The van der Waals surface area contributed by atoms with Gasteiger partial charge in [-0.3, -0.25) is 4.79 Å². The summed E-state index contributed by atoms with van der Waals surface area (Å²) in [6.07, 6.45) is 11.3. The van der Waals surface area contributed by atoms with Crippen molar-refractivity contribution < 1.29 is 14.6 Å². The van der Waals surface area contributed by atoms with Crippen molar-refractivity contribution in [1.29, 1.82) is 0 Å². The van der Waals surface area contributed by atoms with Gasteiger partial charge in [-0.2, -0.15) is 0 Å². The SMILES string of the molecule is CC(C)=CCC/C(C)=C/CC/C(C)=C/COc1ccc(C(C)CC(=O)O)cc1. The minimum absolute atomic E-state index is 0.00669. The van der Waals surface area contributed by atoms with Crippen LogP contribution in [0.15, 0.2) is 59.2 Å². The van der Waals surface area contributed by atoms with Crippen molar-refractivity contribution in [3.05, 3.63) is 64.8 Å². The molecule has 1 aromatic rings. The molecule has 3 nitrogen and oxygen atoms in total. The Kier molecular flexibility index (Phi) is 11.0. The van der Waals surface area contributed by atoms with Crippen LogP contribution in [0.2, 0.25) is 0 Å². The first kappa shape index (κ1) is 23.7. The molecule has 1 unspecified atom stereocenters. The normalized spacial score (nSPS) is 13.2. The fourth-order valence-corrected chi connectivity index (χ4v) is 2.89. The number of aliphatic carboxylic acids is 1. The molecular formula is C25H36O3. The Hall–Kier alpha value is -2.29. The summed E-state index contributed by atoms with van der Waals surface area (Å²) in [4.78, 5) is 10.8. The molecule has 0 saturated heterocycles. The lowest BCUT2D eigenvalue weighted by Crippen LogP contribution is -2.03. The first-order valence-corrected chi connectivity index (χ1v) is 10.2. The van der Waals surface area contributed by atoms with E-state index in [1.54, 1.807) is 0 Å². The zero-order valence-corrected chi connectivity index (χ0v) is 18.1. The third-order valence-corrected chi connectivity index (χ3v) is 4.73. The topological polar surface area (TPSA) is 46.5 Å². The van der Waals surface area contributed by atoms with Gasteiger partial charge in [0, 0.05) is 0 Å². The number of ether oxygens (including phenoxy) is 1. The lowest BCUT2D eigenvalue weighted by molar-refractivity contribution is -0.137. The predicted octanol–water partition coefficient (Wildman–Crippen LogP) is 7.06. The number of hydrogen-bond acceptors (Lipinski definition) is 2. The second-order valence-corrected chi connectivity index (χ2v) is 7.84. The van der Waals surface area contributed by atoms with Gasteiger partial charge in [-0.05, 0) is 83.1 Å². The molecule has 0 aliphatic heterocycles. The van der Waals surface area contributed by atoms with E-state index < -0.39 is 5.97 Å². The van der Waals surface area contributed by atoms with Crippen LogP contribution in [0.25, 0.3) is 0 Å². The summed E-state index contributed by atoms with van der Waals surface area (Å²) in [5, 5.41) is 8.88. The molecular weight excluding hydrogens is 348 g/mol. The lowest BCUT2D eigenvalue weighted by Gasteiger charge is -2.10. The first-order chi connectivity index (χ1) is 13.3. The number of rotatable bonds is 12. The maximum absolute atomic E-state index is 10.8. The van der Waals surface area contributed by atoms with Crippen molar-refractivity contribution in [3.8, 4) is 5.75 Å². The van der Waals surface area contributed by atoms with Gasteiger partial charge in [-0.1, -0.05) is 47.9 Å². The zero-order chi connectivity index (χ0) is 20.9. The van der Waals surface area contributed by atoms with Gasteiger partial charge in [0.05, 0.1) is 6.42 Å². The molecule has 0 spiro atoms. The van der Waals surface area contributed by atoms with Crippen molar-refractivity contribution >= 4 is 5.97 Å². The third kappa shape index (κ3) is 10.8. The second kappa shape index (κ2) is 13.0. The molecule has 0 fully saturated rings. The van der Waals surface area contributed by atoms with Gasteiger partial charge in [0.1, 0.15) is 12.4 Å². The highest BCUT2D eigenvalue weighted by Gasteiger charge is 2.09. The van der Waals surface area contributed by atoms with Crippen LogP contribution in [0, 0.1) is 0 Å². The molecule has 154 valence electrons. The quantitative estimate of drug-likeness (QED) is 0.392. The molecule has 0 heterocycles. The van der Waals surface area contributed by atoms with Crippen LogP contribution in [0.1, 0.15) is 78.2 Å². The highest BCUT2D eigenvalue weighted by Crippen LogP contribution is 2.22. The van der Waals surface area contributed by atoms with E-state index >= 15 is 0 Å². The third-order valence-electron chi connectivity index (χ3n) is 4.73. The molecule has 1 atom stereocenters. The van der Waals surface area contributed by atoms with Crippen molar-refractivity contribution in [2.24, 2.45) is 0 Å². The summed E-state index contributed by atoms with van der Waals surface area (Å²) in [5.74, 6) is 0.0453. The van der Waals surface area contributed by atoms with E-state index in [9.17, 15) is 4.79 Å². The summed E-state index contributed by atoms with van der Waals surface area (Å²) < 4.78 is 5.78. The van der Waals surface area contributed by atoms with Crippen molar-refractivity contribution in [2.75, 3.05) is 6.61 Å². The highest BCUT2D eigenvalue weighted by molar-refractivity contribution is 5.67. The van der Waals surface area contributed by atoms with E-state index in [0.29, 0.717) is 6.61 Å². The van der Waals surface area contributed by atoms with E-state index in [1.165, 1.54) is 16.7 Å². The Morgan fingerprint density at radius 1 is 0.964 bits per heavy atom. The van der Waals surface area contributed by atoms with E-state index in [0.717, 1.165) is 37.0 Å². The van der Waals surface area contributed by atoms with Crippen LogP contribution in [0.4, 0.5) is 0 Å². The Labute approximate surface area is 170 Å². The van der Waals surface area contributed by atoms with Gasteiger partial charge in [0.15, 0.2) is 0 Å². The average molecular weight is 385 g/mol. The van der Waals surface area contributed by atoms with Crippen molar-refractivity contribution in [3.63, 3.8) is 0 Å². The van der Waals surface area contributed by atoms with E-state index in [-0.39, 0.29) is 12.3 Å². The Morgan fingerprint density at radius 3 is 2.11 bits per heavy atom. The van der Waals surface area contributed by atoms with Crippen molar-refractivity contribution in [2.45, 2.75) is 72.6 Å². The van der Waals surface area contributed by atoms with Gasteiger partial charge < -0.3 is 9.84 Å². The monoisotopic (exact) mass is 384 g/mol. The Bertz CT molecular complexity index is 689. The van der Waals surface area contributed by atoms with Crippen LogP contribution in [-0.2, 0) is 4.79 Å². The molecule has 0 aromatic heterocycles. The minimum Gasteiger partial charge on any atom is -0.490 e. The number of hydrogen-bond donors (Lipinski definition) is 1. The van der Waals surface area contributed by atoms with Crippen LogP contribution in [-0.4, -0.2) is 17.7 Å². The van der Waals surface area contributed by atoms with Crippen LogP contribution in [0.3, 0.4) is 0 Å². The standard InChI is InChI=1S/C25H36O3/c1-19(2)8-6-9-20(3)10-7-11-21(4)16-17-28-24-14-12-23(13-15-24)22(5)18-25(26)27/h8,10,12-16,22H,6-7,9,11,17-18H2,1-5H3,(H,26,27)/b20-10+,21-16+. The second-order valence-electron chi connectivity index (χ2n) is 7.84. The molecule has 0 bridgehead atoms. The minimum atomic E-state index is -0.772. The molecule has 0 aliphatic carbocycles. The maximum Gasteiger partial charge on any atom is 0.303 e. The van der Waals surface area contributed by atoms with Gasteiger partial charge in [0.25, 0.3) is 0 Å². The Morgan fingerprint density at radius 2 is 1.54 bits per heavy atom. The van der Waals surface area contributed by atoms with Gasteiger partial charge >= 0.3 is 5.97 Å². The number of carboxylic acids is 1. The largest absolute Gasteiger partial charge is 0.490 e. The average Bonchev–Trinajstić information content (AvgIpc) is 2.61. The summed E-state index contributed by atoms with van der Waals surface area (Å²) >= 11 is 0. The summed E-state index contributed by atoms with van der Waals surface area (Å²) in [5.41, 5.74) is 5.20. The molecule has 1 N–H and O–H groups in total. The summed E-state index contributed by atoms with van der Waals surface area (Å²) in [6, 6.07) is 7.72. The predicted molar refractivity (Wildman–Crippen MR) is 118 cm³/mol. The molecule has 1 aromatic carbocycles. The first-order valence-electron chi connectivity index (χ1n) is 10.2. The summed E-state index contributed by atoms with van der Waals surface area (Å²) in [7, 11) is 0. The molecule has 28 heavy (non-hydrogen) atoms. The molecule has 1 rings (SSSR count). The number of allylic oxidation sites excluding steroid dienone is 5. The molecule has 0 radical (unpaired) electrons. The molecule has 0 saturated carbocycles. The Balaban J connectivity index is 2.35. The molecule has 0 amide bonds. The lowest BCUT2D eigenvalue weighted by atomic mass is 9.98. The number of carbonyl (C=O) groups is 1.